The first-order chi connectivity index (χ1) is 4.45. The first kappa shape index (κ1) is 9.92. The minimum Gasteiger partial charge on any atom is -0.271 e. The van der Waals surface area contributed by atoms with Crippen LogP contribution in [0, 0.1) is 11.8 Å². The molecule has 0 aliphatic rings. The molecule has 0 bridgehead atoms. The maximum absolute atomic E-state index is 5.46. The highest BCUT2D eigenvalue weighted by molar-refractivity contribution is 4.86. The molecule has 0 aliphatic carbocycles. The van der Waals surface area contributed by atoms with Gasteiger partial charge in [-0.05, 0) is 18.8 Å². The van der Waals surface area contributed by atoms with Gasteiger partial charge < -0.3 is 0 Å². The minimum atomic E-state index is 0.0694. The van der Waals surface area contributed by atoms with Crippen LogP contribution in [0.5, 0.6) is 0 Å². The third-order valence-electron chi connectivity index (χ3n) is 2.71. The number of rotatable bonds is 3. The van der Waals surface area contributed by atoms with E-state index in [1.807, 2.05) is 0 Å². The maximum Gasteiger partial charge on any atom is 0.0338 e. The Bertz CT molecular complexity index is 89.4. The van der Waals surface area contributed by atoms with Crippen molar-refractivity contribution in [1.82, 2.24) is 5.43 Å². The van der Waals surface area contributed by atoms with Gasteiger partial charge >= 0.3 is 0 Å². The third-order valence-corrected chi connectivity index (χ3v) is 2.71. The molecule has 0 rings (SSSR count). The van der Waals surface area contributed by atoms with E-state index in [9.17, 15) is 0 Å². The van der Waals surface area contributed by atoms with Crippen LogP contribution in [-0.2, 0) is 0 Å². The van der Waals surface area contributed by atoms with Gasteiger partial charge in [0.05, 0.1) is 0 Å². The van der Waals surface area contributed by atoms with Crippen LogP contribution < -0.4 is 11.3 Å². The monoisotopic (exact) mass is 144 g/mol. The molecule has 0 aromatic rings. The van der Waals surface area contributed by atoms with Gasteiger partial charge in [-0.15, -0.1) is 0 Å². The van der Waals surface area contributed by atoms with E-state index in [0.717, 1.165) is 0 Å². The molecular weight excluding hydrogens is 124 g/mol. The highest BCUT2D eigenvalue weighted by Crippen LogP contribution is 2.23. The summed E-state index contributed by atoms with van der Waals surface area (Å²) < 4.78 is 0. The predicted molar refractivity (Wildman–Crippen MR) is 45.4 cm³/mol. The van der Waals surface area contributed by atoms with Gasteiger partial charge in [-0.25, -0.2) is 0 Å². The Hall–Kier alpha value is -0.0800. The van der Waals surface area contributed by atoms with Crippen LogP contribution in [0.1, 0.15) is 34.6 Å². The summed E-state index contributed by atoms with van der Waals surface area (Å²) >= 11 is 0. The number of nitrogens with one attached hydrogen (secondary N) is 1. The smallest absolute Gasteiger partial charge is 0.0338 e. The Morgan fingerprint density at radius 1 is 1.10 bits per heavy atom. The van der Waals surface area contributed by atoms with E-state index in [2.05, 4.69) is 40.0 Å². The van der Waals surface area contributed by atoms with E-state index in [4.69, 9.17) is 5.84 Å². The fourth-order valence-corrected chi connectivity index (χ4v) is 1.00. The van der Waals surface area contributed by atoms with Crippen molar-refractivity contribution in [2.45, 2.75) is 40.2 Å². The van der Waals surface area contributed by atoms with Crippen LogP contribution in [0.3, 0.4) is 0 Å². The maximum atomic E-state index is 5.46. The standard InChI is InChI=1S/C8H20N2/c1-6(2)8(5,10-9)7(3)4/h6-7,10H,9H2,1-5H3. The van der Waals surface area contributed by atoms with Crippen molar-refractivity contribution in [2.24, 2.45) is 17.7 Å². The second-order valence-corrected chi connectivity index (χ2v) is 3.74. The summed E-state index contributed by atoms with van der Waals surface area (Å²) in [7, 11) is 0. The second-order valence-electron chi connectivity index (χ2n) is 3.74. The lowest BCUT2D eigenvalue weighted by molar-refractivity contribution is 0.189. The molecule has 3 N–H and O–H groups in total. The van der Waals surface area contributed by atoms with E-state index in [1.54, 1.807) is 0 Å². The molecule has 0 radical (unpaired) electrons. The van der Waals surface area contributed by atoms with Crippen molar-refractivity contribution >= 4 is 0 Å². The van der Waals surface area contributed by atoms with Crippen molar-refractivity contribution in [3.05, 3.63) is 0 Å². The Morgan fingerprint density at radius 2 is 1.40 bits per heavy atom. The summed E-state index contributed by atoms with van der Waals surface area (Å²) in [5.74, 6) is 6.59. The van der Waals surface area contributed by atoms with Gasteiger partial charge in [0.25, 0.3) is 0 Å². The normalized spacial score (nSPS) is 13.2. The fraction of sp³-hybridized carbons (Fsp3) is 1.00. The van der Waals surface area contributed by atoms with Gasteiger partial charge in [0, 0.05) is 5.54 Å². The highest BCUT2D eigenvalue weighted by Gasteiger charge is 2.29. The Labute approximate surface area is 64.2 Å². The summed E-state index contributed by atoms with van der Waals surface area (Å²) in [5.41, 5.74) is 2.95. The van der Waals surface area contributed by atoms with Gasteiger partial charge in [0.2, 0.25) is 0 Å². The molecule has 2 heteroatoms. The van der Waals surface area contributed by atoms with E-state index < -0.39 is 0 Å². The highest BCUT2D eigenvalue weighted by atomic mass is 15.3. The van der Waals surface area contributed by atoms with Crippen LogP contribution in [0.25, 0.3) is 0 Å². The van der Waals surface area contributed by atoms with Crippen LogP contribution in [-0.4, -0.2) is 5.54 Å². The Kier molecular flexibility index (Phi) is 3.33. The number of nitrogens with two attached hydrogens (primary N) is 1. The average molecular weight is 144 g/mol. The summed E-state index contributed by atoms with van der Waals surface area (Å²) in [6.45, 7) is 10.9. The average Bonchev–Trinajstić information content (AvgIpc) is 1.85. The van der Waals surface area contributed by atoms with Gasteiger partial charge in [-0.2, -0.15) is 0 Å². The molecule has 10 heavy (non-hydrogen) atoms. The lowest BCUT2D eigenvalue weighted by Crippen LogP contribution is -2.54. The van der Waals surface area contributed by atoms with Gasteiger partial charge in [-0.1, -0.05) is 27.7 Å². The zero-order valence-corrected chi connectivity index (χ0v) is 7.73. The second kappa shape index (κ2) is 3.35. The molecule has 2 nitrogen and oxygen atoms in total. The Morgan fingerprint density at radius 3 is 1.40 bits per heavy atom. The molecule has 0 fully saturated rings. The van der Waals surface area contributed by atoms with Crippen LogP contribution in [0.15, 0.2) is 0 Å². The molecule has 0 heterocycles. The minimum absolute atomic E-state index is 0.0694. The largest absolute Gasteiger partial charge is 0.271 e. The van der Waals surface area contributed by atoms with Gasteiger partial charge in [-0.3, -0.25) is 11.3 Å². The van der Waals surface area contributed by atoms with Crippen molar-refractivity contribution in [3.63, 3.8) is 0 Å². The summed E-state index contributed by atoms with van der Waals surface area (Å²) in [6.07, 6.45) is 0. The molecule has 0 aromatic heterocycles. The van der Waals surface area contributed by atoms with E-state index in [-0.39, 0.29) is 5.54 Å². The number of hydrogen-bond acceptors (Lipinski definition) is 2. The van der Waals surface area contributed by atoms with Crippen LogP contribution in [0.2, 0.25) is 0 Å². The zero-order chi connectivity index (χ0) is 8.36. The van der Waals surface area contributed by atoms with Gasteiger partial charge in [0.1, 0.15) is 0 Å². The molecule has 0 spiro atoms. The van der Waals surface area contributed by atoms with E-state index in [0.29, 0.717) is 11.8 Å². The first-order valence-corrected chi connectivity index (χ1v) is 3.93. The Balaban J connectivity index is 4.23. The van der Waals surface area contributed by atoms with Crippen LogP contribution >= 0.6 is 0 Å². The lowest BCUT2D eigenvalue weighted by Gasteiger charge is -2.37. The summed E-state index contributed by atoms with van der Waals surface area (Å²) in [4.78, 5) is 0. The molecule has 0 aromatic carbocycles. The molecule has 0 saturated carbocycles. The number of hydrazine groups is 1. The van der Waals surface area contributed by atoms with Crippen molar-refractivity contribution in [1.29, 1.82) is 0 Å². The third kappa shape index (κ3) is 1.70. The molecule has 0 unspecified atom stereocenters. The molecule has 0 saturated heterocycles. The topological polar surface area (TPSA) is 38.0 Å². The molecule has 62 valence electrons. The SMILES string of the molecule is CC(C)C(C)(NN)C(C)C. The zero-order valence-electron chi connectivity index (χ0n) is 7.73. The molecule has 0 atom stereocenters. The van der Waals surface area contributed by atoms with Crippen molar-refractivity contribution in [2.75, 3.05) is 0 Å². The van der Waals surface area contributed by atoms with Crippen molar-refractivity contribution in [3.8, 4) is 0 Å². The predicted octanol–water partition coefficient (Wildman–Crippen LogP) is 1.52. The summed E-state index contributed by atoms with van der Waals surface area (Å²) in [5, 5.41) is 0. The van der Waals surface area contributed by atoms with Crippen LogP contribution in [0.4, 0.5) is 0 Å². The quantitative estimate of drug-likeness (QED) is 0.465. The first-order valence-electron chi connectivity index (χ1n) is 3.93. The molecule has 0 aliphatic heterocycles. The van der Waals surface area contributed by atoms with E-state index in [1.165, 1.54) is 0 Å². The van der Waals surface area contributed by atoms with Crippen molar-refractivity contribution < 1.29 is 0 Å². The van der Waals surface area contributed by atoms with Gasteiger partial charge in [0.15, 0.2) is 0 Å². The lowest BCUT2D eigenvalue weighted by atomic mass is 9.79. The molecular formula is C8H20N2. The summed E-state index contributed by atoms with van der Waals surface area (Å²) in [6, 6.07) is 0. The molecule has 0 amide bonds. The number of hydrogen-bond donors (Lipinski definition) is 2. The van der Waals surface area contributed by atoms with E-state index >= 15 is 0 Å². The fourth-order valence-electron chi connectivity index (χ4n) is 1.00.